The number of nitrogens with two attached hydrogens (primary N) is 1. The molecule has 3 heterocycles. The molecular weight excluding hydrogens is 304 g/mol. The lowest BCUT2D eigenvalue weighted by Gasteiger charge is -2.20. The molecule has 0 aliphatic carbocycles. The highest BCUT2D eigenvalue weighted by Gasteiger charge is 2.23. The van der Waals surface area contributed by atoms with Crippen molar-refractivity contribution in [2.75, 3.05) is 18.8 Å². The second kappa shape index (κ2) is 7.33. The van der Waals surface area contributed by atoms with E-state index in [1.54, 1.807) is 24.8 Å². The molecule has 7 heteroatoms. The van der Waals surface area contributed by atoms with Crippen LogP contribution >= 0.6 is 0 Å². The molecule has 1 amide bonds. The molecule has 0 radical (unpaired) electrons. The lowest BCUT2D eigenvalue weighted by atomic mass is 9.95. The van der Waals surface area contributed by atoms with Crippen LogP contribution < -0.4 is 5.73 Å². The van der Waals surface area contributed by atoms with E-state index in [1.807, 2.05) is 11.8 Å². The summed E-state index contributed by atoms with van der Waals surface area (Å²) in [5.74, 6) is 0.913. The first-order valence-electron chi connectivity index (χ1n) is 8.26. The number of aryl methyl sites for hydroxylation is 1. The van der Waals surface area contributed by atoms with Crippen LogP contribution in [0.15, 0.2) is 24.8 Å². The van der Waals surface area contributed by atoms with E-state index >= 15 is 0 Å². The minimum atomic E-state index is -0.0320. The van der Waals surface area contributed by atoms with Crippen LogP contribution in [0.4, 0.5) is 5.82 Å². The molecule has 24 heavy (non-hydrogen) atoms. The number of carbonyl (C=O) groups excluding carboxylic acids is 1. The highest BCUT2D eigenvalue weighted by Crippen LogP contribution is 2.22. The van der Waals surface area contributed by atoms with Crippen LogP contribution in [0.5, 0.6) is 0 Å². The van der Waals surface area contributed by atoms with Crippen molar-refractivity contribution < 1.29 is 4.79 Å². The smallest absolute Gasteiger partial charge is 0.274 e. The van der Waals surface area contributed by atoms with Crippen molar-refractivity contribution in [1.29, 1.82) is 0 Å². The normalized spacial score (nSPS) is 18.2. The second-order valence-electron chi connectivity index (χ2n) is 6.27. The number of rotatable bonds is 3. The van der Waals surface area contributed by atoms with Gasteiger partial charge in [-0.2, -0.15) is 0 Å². The molecule has 1 aliphatic rings. The van der Waals surface area contributed by atoms with Gasteiger partial charge in [0, 0.05) is 19.3 Å². The summed E-state index contributed by atoms with van der Waals surface area (Å²) in [4.78, 5) is 31.2. The molecule has 0 aromatic carbocycles. The van der Waals surface area contributed by atoms with Gasteiger partial charge < -0.3 is 10.6 Å². The Kier molecular flexibility index (Phi) is 4.98. The number of anilines is 1. The Hall–Kier alpha value is -2.57. The molecule has 2 aromatic rings. The zero-order valence-electron chi connectivity index (χ0n) is 13.9. The molecule has 0 saturated carbocycles. The van der Waals surface area contributed by atoms with Crippen molar-refractivity contribution in [2.45, 2.75) is 32.6 Å². The Bertz CT molecular complexity index is 685. The molecule has 1 saturated heterocycles. The predicted molar refractivity (Wildman–Crippen MR) is 90.2 cm³/mol. The van der Waals surface area contributed by atoms with Crippen LogP contribution in [0.25, 0.3) is 0 Å². The van der Waals surface area contributed by atoms with Crippen LogP contribution in [0, 0.1) is 12.8 Å². The number of carbonyl (C=O) groups is 1. The first-order valence-corrected chi connectivity index (χ1v) is 8.26. The van der Waals surface area contributed by atoms with E-state index in [4.69, 9.17) is 5.73 Å². The van der Waals surface area contributed by atoms with E-state index in [0.717, 1.165) is 50.2 Å². The second-order valence-corrected chi connectivity index (χ2v) is 6.27. The summed E-state index contributed by atoms with van der Waals surface area (Å²) in [6.07, 6.45) is 10.4. The number of amides is 1. The molecule has 1 aliphatic heterocycles. The summed E-state index contributed by atoms with van der Waals surface area (Å²) in [5.41, 5.74) is 7.76. The summed E-state index contributed by atoms with van der Waals surface area (Å²) in [6.45, 7) is 3.36. The molecule has 2 N–H and O–H groups in total. The Morgan fingerprint density at radius 2 is 2.00 bits per heavy atom. The van der Waals surface area contributed by atoms with E-state index < -0.39 is 0 Å². The van der Waals surface area contributed by atoms with Gasteiger partial charge in [0.15, 0.2) is 0 Å². The SMILES string of the molecule is Cc1cnc(C(=O)N2CCC[C@H](Cc3cnc(N)cn3)CC2)cn1. The van der Waals surface area contributed by atoms with Gasteiger partial charge in [0.2, 0.25) is 0 Å². The van der Waals surface area contributed by atoms with E-state index in [0.29, 0.717) is 17.4 Å². The number of hydrogen-bond acceptors (Lipinski definition) is 6. The van der Waals surface area contributed by atoms with Crippen molar-refractivity contribution in [1.82, 2.24) is 24.8 Å². The summed E-state index contributed by atoms with van der Waals surface area (Å²) < 4.78 is 0. The number of nitrogens with zero attached hydrogens (tertiary/aromatic N) is 5. The van der Waals surface area contributed by atoms with Gasteiger partial charge in [0.25, 0.3) is 5.91 Å². The molecule has 2 aromatic heterocycles. The van der Waals surface area contributed by atoms with E-state index in [-0.39, 0.29) is 5.91 Å². The first kappa shape index (κ1) is 16.3. The molecule has 3 rings (SSSR count). The molecule has 126 valence electrons. The Labute approximate surface area is 141 Å². The van der Waals surface area contributed by atoms with Crippen molar-refractivity contribution in [3.05, 3.63) is 41.9 Å². The number of nitrogen functional groups attached to an aromatic ring is 1. The summed E-state index contributed by atoms with van der Waals surface area (Å²) >= 11 is 0. The number of aromatic nitrogens is 4. The summed E-state index contributed by atoms with van der Waals surface area (Å²) in [5, 5.41) is 0. The van der Waals surface area contributed by atoms with Crippen LogP contribution in [-0.4, -0.2) is 43.8 Å². The third-order valence-corrected chi connectivity index (χ3v) is 4.36. The minimum absolute atomic E-state index is 0.0320. The first-order chi connectivity index (χ1) is 11.6. The van der Waals surface area contributed by atoms with E-state index in [9.17, 15) is 4.79 Å². The van der Waals surface area contributed by atoms with Gasteiger partial charge in [-0.15, -0.1) is 0 Å². The fraction of sp³-hybridized carbons (Fsp3) is 0.471. The van der Waals surface area contributed by atoms with Gasteiger partial charge in [0.1, 0.15) is 11.5 Å². The Balaban J connectivity index is 1.59. The summed E-state index contributed by atoms with van der Waals surface area (Å²) in [7, 11) is 0. The maximum atomic E-state index is 12.6. The largest absolute Gasteiger partial charge is 0.382 e. The fourth-order valence-electron chi connectivity index (χ4n) is 3.00. The van der Waals surface area contributed by atoms with Gasteiger partial charge in [-0.3, -0.25) is 14.8 Å². The van der Waals surface area contributed by atoms with Crippen LogP contribution in [0.1, 0.15) is 41.1 Å². The van der Waals surface area contributed by atoms with Gasteiger partial charge in [-0.05, 0) is 38.5 Å². The third kappa shape index (κ3) is 4.04. The van der Waals surface area contributed by atoms with Gasteiger partial charge >= 0.3 is 0 Å². The quantitative estimate of drug-likeness (QED) is 0.921. The lowest BCUT2D eigenvalue weighted by molar-refractivity contribution is 0.0753. The number of likely N-dealkylation sites (tertiary alicyclic amines) is 1. The van der Waals surface area contributed by atoms with Gasteiger partial charge in [-0.25, -0.2) is 9.97 Å². The fourth-order valence-corrected chi connectivity index (χ4v) is 3.00. The zero-order chi connectivity index (χ0) is 16.9. The molecule has 1 atom stereocenters. The van der Waals surface area contributed by atoms with E-state index in [1.165, 1.54) is 0 Å². The van der Waals surface area contributed by atoms with Crippen LogP contribution in [0.2, 0.25) is 0 Å². The Morgan fingerprint density at radius 1 is 1.12 bits per heavy atom. The zero-order valence-corrected chi connectivity index (χ0v) is 13.9. The maximum Gasteiger partial charge on any atom is 0.274 e. The Morgan fingerprint density at radius 3 is 2.71 bits per heavy atom. The van der Waals surface area contributed by atoms with Crippen LogP contribution in [-0.2, 0) is 6.42 Å². The van der Waals surface area contributed by atoms with Crippen molar-refractivity contribution in [3.8, 4) is 0 Å². The number of hydrogen-bond donors (Lipinski definition) is 1. The average molecular weight is 326 g/mol. The monoisotopic (exact) mass is 326 g/mol. The summed E-state index contributed by atoms with van der Waals surface area (Å²) in [6, 6.07) is 0. The minimum Gasteiger partial charge on any atom is -0.382 e. The molecule has 0 spiro atoms. The molecule has 0 bridgehead atoms. The molecular formula is C17H22N6O. The predicted octanol–water partition coefficient (Wildman–Crippen LogP) is 1.64. The van der Waals surface area contributed by atoms with E-state index in [2.05, 4.69) is 19.9 Å². The van der Waals surface area contributed by atoms with Gasteiger partial charge in [-0.1, -0.05) is 0 Å². The van der Waals surface area contributed by atoms with Crippen molar-refractivity contribution in [2.24, 2.45) is 5.92 Å². The average Bonchev–Trinajstić information content (AvgIpc) is 2.83. The maximum absolute atomic E-state index is 12.6. The molecule has 1 fully saturated rings. The highest BCUT2D eigenvalue weighted by atomic mass is 16.2. The van der Waals surface area contributed by atoms with Crippen molar-refractivity contribution in [3.63, 3.8) is 0 Å². The topological polar surface area (TPSA) is 97.9 Å². The lowest BCUT2D eigenvalue weighted by Crippen LogP contribution is -2.32. The van der Waals surface area contributed by atoms with Crippen molar-refractivity contribution >= 4 is 11.7 Å². The molecule has 0 unspecified atom stereocenters. The highest BCUT2D eigenvalue weighted by molar-refractivity contribution is 5.92. The van der Waals surface area contributed by atoms with Gasteiger partial charge in [0.05, 0.1) is 30.0 Å². The molecule has 7 nitrogen and oxygen atoms in total. The van der Waals surface area contributed by atoms with Crippen LogP contribution in [0.3, 0.4) is 0 Å². The third-order valence-electron chi connectivity index (χ3n) is 4.36. The standard InChI is InChI=1S/C17H22N6O/c1-12-8-21-15(10-19-12)17(24)23-5-2-3-13(4-6-23)7-14-9-22-16(18)11-20-14/h8-11,13H,2-7H2,1H3,(H2,18,22)/t13-/m0/s1.